The van der Waals surface area contributed by atoms with Gasteiger partial charge in [-0.15, -0.1) is 0 Å². The highest BCUT2D eigenvalue weighted by Gasteiger charge is 2.14. The Bertz CT molecular complexity index is 1270. The number of nitrogens with one attached hydrogen (secondary N) is 2. The van der Waals surface area contributed by atoms with Gasteiger partial charge in [0.05, 0.1) is 0 Å². The van der Waals surface area contributed by atoms with E-state index < -0.39 is 0 Å². The second-order valence-corrected chi connectivity index (χ2v) is 8.44. The summed E-state index contributed by atoms with van der Waals surface area (Å²) in [6.45, 7) is 8.04. The standard InChI is InChI=1S/C26H27ClN6/c1-5-20-8-11-22(32-25-12-16(2)28-15-29-25)14-24(20)33-26-23(17(3)30-18(4)31-26)13-19-6-9-21(27)10-7-19/h6-12,14-15H,5,13H2,1-4H3,(H,28,29,32)(H,30,31,33). The summed E-state index contributed by atoms with van der Waals surface area (Å²) in [5, 5.41) is 7.69. The summed E-state index contributed by atoms with van der Waals surface area (Å²) in [6.07, 6.45) is 3.17. The van der Waals surface area contributed by atoms with E-state index in [1.807, 2.05) is 51.1 Å². The van der Waals surface area contributed by atoms with E-state index in [9.17, 15) is 0 Å². The van der Waals surface area contributed by atoms with Crippen molar-refractivity contribution in [3.05, 3.63) is 93.8 Å². The van der Waals surface area contributed by atoms with E-state index in [4.69, 9.17) is 16.6 Å². The Morgan fingerprint density at radius 3 is 2.39 bits per heavy atom. The minimum atomic E-state index is 0.714. The molecule has 168 valence electrons. The molecule has 0 saturated carbocycles. The molecule has 0 saturated heterocycles. The van der Waals surface area contributed by atoms with E-state index in [0.29, 0.717) is 6.42 Å². The molecule has 0 unspecified atom stereocenters. The monoisotopic (exact) mass is 458 g/mol. The molecule has 33 heavy (non-hydrogen) atoms. The van der Waals surface area contributed by atoms with Crippen LogP contribution in [0, 0.1) is 20.8 Å². The highest BCUT2D eigenvalue weighted by molar-refractivity contribution is 6.30. The molecule has 4 aromatic rings. The first-order valence-electron chi connectivity index (χ1n) is 11.0. The van der Waals surface area contributed by atoms with Crippen LogP contribution >= 0.6 is 11.6 Å². The second-order valence-electron chi connectivity index (χ2n) is 8.01. The predicted octanol–water partition coefficient (Wildman–Crippen LogP) is 6.49. The van der Waals surface area contributed by atoms with Crippen molar-refractivity contribution in [3.8, 4) is 0 Å². The number of aryl methyl sites for hydroxylation is 4. The Morgan fingerprint density at radius 2 is 1.67 bits per heavy atom. The number of hydrogen-bond donors (Lipinski definition) is 2. The molecule has 7 heteroatoms. The maximum atomic E-state index is 6.07. The highest BCUT2D eigenvalue weighted by atomic mass is 35.5. The fraction of sp³-hybridized carbons (Fsp3) is 0.231. The molecule has 2 aromatic heterocycles. The summed E-state index contributed by atoms with van der Waals surface area (Å²) in [4.78, 5) is 17.8. The van der Waals surface area contributed by atoms with Gasteiger partial charge < -0.3 is 10.6 Å². The van der Waals surface area contributed by atoms with Crippen molar-refractivity contribution >= 4 is 34.6 Å². The minimum absolute atomic E-state index is 0.714. The van der Waals surface area contributed by atoms with Crippen molar-refractivity contribution in [2.24, 2.45) is 0 Å². The molecule has 0 amide bonds. The van der Waals surface area contributed by atoms with Gasteiger partial charge in [0, 0.05) is 45.8 Å². The molecule has 0 aliphatic heterocycles. The van der Waals surface area contributed by atoms with E-state index in [1.54, 1.807) is 6.33 Å². The van der Waals surface area contributed by atoms with Gasteiger partial charge in [-0.2, -0.15) is 0 Å². The van der Waals surface area contributed by atoms with Gasteiger partial charge in [-0.1, -0.05) is 36.7 Å². The van der Waals surface area contributed by atoms with Crippen molar-refractivity contribution in [1.29, 1.82) is 0 Å². The normalized spacial score (nSPS) is 10.8. The van der Waals surface area contributed by atoms with Crippen LogP contribution in [-0.2, 0) is 12.8 Å². The lowest BCUT2D eigenvalue weighted by atomic mass is 10.0. The molecule has 0 spiro atoms. The lowest BCUT2D eigenvalue weighted by Gasteiger charge is -2.17. The van der Waals surface area contributed by atoms with Crippen molar-refractivity contribution in [2.45, 2.75) is 40.5 Å². The minimum Gasteiger partial charge on any atom is -0.340 e. The Kier molecular flexibility index (Phi) is 6.84. The zero-order valence-electron chi connectivity index (χ0n) is 19.3. The first-order valence-corrected chi connectivity index (χ1v) is 11.3. The Morgan fingerprint density at radius 1 is 0.879 bits per heavy atom. The summed E-state index contributed by atoms with van der Waals surface area (Å²) >= 11 is 6.07. The smallest absolute Gasteiger partial charge is 0.137 e. The zero-order valence-corrected chi connectivity index (χ0v) is 20.0. The summed E-state index contributed by atoms with van der Waals surface area (Å²) in [6, 6.07) is 16.1. The first kappa shape index (κ1) is 22.7. The van der Waals surface area contributed by atoms with Gasteiger partial charge in [0.2, 0.25) is 0 Å². The summed E-state index contributed by atoms with van der Waals surface area (Å²) in [7, 11) is 0. The third-order valence-corrected chi connectivity index (χ3v) is 5.69. The first-order chi connectivity index (χ1) is 15.9. The van der Waals surface area contributed by atoms with Crippen LogP contribution in [0.3, 0.4) is 0 Å². The van der Waals surface area contributed by atoms with Gasteiger partial charge in [0.15, 0.2) is 0 Å². The number of hydrogen-bond acceptors (Lipinski definition) is 6. The van der Waals surface area contributed by atoms with E-state index in [1.165, 1.54) is 5.56 Å². The van der Waals surface area contributed by atoms with E-state index in [2.05, 4.69) is 50.7 Å². The van der Waals surface area contributed by atoms with Crippen molar-refractivity contribution < 1.29 is 0 Å². The van der Waals surface area contributed by atoms with E-state index in [-0.39, 0.29) is 0 Å². The number of rotatable bonds is 7. The summed E-state index contributed by atoms with van der Waals surface area (Å²) in [5.74, 6) is 2.31. The molecular formula is C26H27ClN6. The maximum absolute atomic E-state index is 6.07. The van der Waals surface area contributed by atoms with Crippen LogP contribution in [0.1, 0.15) is 40.8 Å². The van der Waals surface area contributed by atoms with Gasteiger partial charge in [-0.3, -0.25) is 0 Å². The molecule has 2 heterocycles. The fourth-order valence-electron chi connectivity index (χ4n) is 3.73. The fourth-order valence-corrected chi connectivity index (χ4v) is 3.86. The van der Waals surface area contributed by atoms with Gasteiger partial charge >= 0.3 is 0 Å². The van der Waals surface area contributed by atoms with Crippen LogP contribution in [0.4, 0.5) is 23.0 Å². The largest absolute Gasteiger partial charge is 0.340 e. The van der Waals surface area contributed by atoms with Crippen LogP contribution in [0.15, 0.2) is 54.9 Å². The number of aromatic nitrogens is 4. The predicted molar refractivity (Wildman–Crippen MR) is 135 cm³/mol. The molecule has 0 aliphatic rings. The van der Waals surface area contributed by atoms with E-state index >= 15 is 0 Å². The Balaban J connectivity index is 1.68. The molecule has 4 rings (SSSR count). The lowest BCUT2D eigenvalue weighted by molar-refractivity contribution is 0.964. The van der Waals surface area contributed by atoms with E-state index in [0.717, 1.165) is 62.8 Å². The third kappa shape index (κ3) is 5.65. The molecule has 0 aliphatic carbocycles. The maximum Gasteiger partial charge on any atom is 0.137 e. The second kappa shape index (κ2) is 9.96. The average Bonchev–Trinajstić information content (AvgIpc) is 2.78. The average molecular weight is 459 g/mol. The van der Waals surface area contributed by atoms with Crippen LogP contribution in [0.2, 0.25) is 5.02 Å². The van der Waals surface area contributed by atoms with Crippen LogP contribution in [-0.4, -0.2) is 19.9 Å². The number of benzene rings is 2. The lowest BCUT2D eigenvalue weighted by Crippen LogP contribution is -2.08. The van der Waals surface area contributed by atoms with Crippen LogP contribution in [0.5, 0.6) is 0 Å². The molecule has 0 bridgehead atoms. The van der Waals surface area contributed by atoms with Gasteiger partial charge in [-0.05, 0) is 62.6 Å². The molecule has 6 nitrogen and oxygen atoms in total. The third-order valence-electron chi connectivity index (χ3n) is 5.44. The Hall–Kier alpha value is -3.51. The molecule has 0 radical (unpaired) electrons. The molecular weight excluding hydrogens is 432 g/mol. The number of anilines is 4. The summed E-state index contributed by atoms with van der Waals surface area (Å²) < 4.78 is 0. The van der Waals surface area contributed by atoms with Crippen LogP contribution in [0.25, 0.3) is 0 Å². The van der Waals surface area contributed by atoms with Crippen molar-refractivity contribution in [3.63, 3.8) is 0 Å². The molecule has 2 aromatic carbocycles. The van der Waals surface area contributed by atoms with Crippen molar-refractivity contribution in [1.82, 2.24) is 19.9 Å². The number of halogens is 1. The topological polar surface area (TPSA) is 75.6 Å². The molecule has 0 atom stereocenters. The number of nitrogens with zero attached hydrogens (tertiary/aromatic N) is 4. The quantitative estimate of drug-likeness (QED) is 0.330. The van der Waals surface area contributed by atoms with Crippen LogP contribution < -0.4 is 10.6 Å². The summed E-state index contributed by atoms with van der Waals surface area (Å²) in [5.41, 5.74) is 7.24. The molecule has 2 N–H and O–H groups in total. The highest BCUT2D eigenvalue weighted by Crippen LogP contribution is 2.29. The molecule has 0 fully saturated rings. The van der Waals surface area contributed by atoms with Crippen molar-refractivity contribution in [2.75, 3.05) is 10.6 Å². The van der Waals surface area contributed by atoms with Gasteiger partial charge in [-0.25, -0.2) is 19.9 Å². The van der Waals surface area contributed by atoms with Gasteiger partial charge in [0.25, 0.3) is 0 Å². The Labute approximate surface area is 199 Å². The van der Waals surface area contributed by atoms with Gasteiger partial charge in [0.1, 0.15) is 23.8 Å². The zero-order chi connectivity index (χ0) is 23.4. The SMILES string of the molecule is CCc1ccc(Nc2cc(C)ncn2)cc1Nc1nc(C)nc(C)c1Cc1ccc(Cl)cc1.